The summed E-state index contributed by atoms with van der Waals surface area (Å²) in [7, 11) is 0. The maximum atomic E-state index is 12.8. The smallest absolute Gasteiger partial charge is 0.139 e. The van der Waals surface area contributed by atoms with Gasteiger partial charge >= 0.3 is 0 Å². The second kappa shape index (κ2) is 3.76. The number of nitrogens with one attached hydrogen (secondary N) is 1. The molecule has 0 radical (unpaired) electrons. The molecule has 4 heteroatoms. The number of hydrogen-bond acceptors (Lipinski definition) is 2. The molecule has 0 bridgehead atoms. The summed E-state index contributed by atoms with van der Waals surface area (Å²) in [5.74, 6) is -0.339. The molecule has 0 aliphatic heterocycles. The zero-order chi connectivity index (χ0) is 9.14. The van der Waals surface area contributed by atoms with Crippen molar-refractivity contribution in [3.8, 4) is 0 Å². The fraction of sp³-hybridized carbons (Fsp3) is 0.250. The van der Waals surface area contributed by atoms with Gasteiger partial charge in [0.05, 0.1) is 15.8 Å². The summed E-state index contributed by atoms with van der Waals surface area (Å²) in [6.45, 7) is 2.72. The van der Waals surface area contributed by atoms with Crippen LogP contribution in [0.5, 0.6) is 0 Å². The van der Waals surface area contributed by atoms with Crippen molar-refractivity contribution in [3.05, 3.63) is 22.4 Å². The minimum atomic E-state index is -0.339. The van der Waals surface area contributed by atoms with Crippen molar-refractivity contribution in [2.24, 2.45) is 0 Å². The van der Waals surface area contributed by atoms with Crippen molar-refractivity contribution >= 4 is 27.3 Å². The Labute approximate surface area is 79.1 Å². The molecule has 0 aliphatic rings. The van der Waals surface area contributed by atoms with E-state index >= 15 is 0 Å². The lowest BCUT2D eigenvalue weighted by Gasteiger charge is -2.07. The predicted molar refractivity (Wildman–Crippen MR) is 52.7 cm³/mol. The molecule has 0 spiro atoms. The monoisotopic (exact) mass is 232 g/mol. The molecule has 1 aromatic rings. The second-order valence-electron chi connectivity index (χ2n) is 2.38. The quantitative estimate of drug-likeness (QED) is 0.770. The van der Waals surface area contributed by atoms with E-state index in [0.29, 0.717) is 10.2 Å². The van der Waals surface area contributed by atoms with Gasteiger partial charge in [-0.1, -0.05) is 0 Å². The third-order valence-electron chi connectivity index (χ3n) is 1.46. The van der Waals surface area contributed by atoms with Gasteiger partial charge in [-0.25, -0.2) is 4.39 Å². The third kappa shape index (κ3) is 1.88. The Bertz CT molecular complexity index is 289. The molecule has 1 rings (SSSR count). The van der Waals surface area contributed by atoms with Crippen molar-refractivity contribution < 1.29 is 4.39 Å². The lowest BCUT2D eigenvalue weighted by molar-refractivity contribution is 0.622. The molecule has 0 saturated carbocycles. The van der Waals surface area contributed by atoms with E-state index in [1.165, 1.54) is 6.07 Å². The van der Waals surface area contributed by atoms with E-state index in [4.69, 9.17) is 5.73 Å². The van der Waals surface area contributed by atoms with Gasteiger partial charge in [-0.2, -0.15) is 0 Å². The first kappa shape index (κ1) is 9.32. The molecule has 2 nitrogen and oxygen atoms in total. The summed E-state index contributed by atoms with van der Waals surface area (Å²) < 4.78 is 13.3. The lowest BCUT2D eigenvalue weighted by Crippen LogP contribution is -2.01. The molecule has 0 atom stereocenters. The molecular formula is C8H10BrFN2. The Morgan fingerprint density at radius 3 is 2.83 bits per heavy atom. The van der Waals surface area contributed by atoms with Gasteiger partial charge < -0.3 is 11.1 Å². The number of anilines is 2. The largest absolute Gasteiger partial charge is 0.397 e. The highest BCUT2D eigenvalue weighted by Crippen LogP contribution is 2.26. The van der Waals surface area contributed by atoms with Crippen molar-refractivity contribution in [1.29, 1.82) is 0 Å². The van der Waals surface area contributed by atoms with E-state index in [1.807, 2.05) is 6.92 Å². The summed E-state index contributed by atoms with van der Waals surface area (Å²) in [5, 5.41) is 3.02. The number of halogens is 2. The van der Waals surface area contributed by atoms with E-state index in [-0.39, 0.29) is 5.82 Å². The standard InChI is InChI=1S/C8H10BrFN2/c1-2-12-8-3-5(9)6(10)4-7(8)11/h3-4,12H,2,11H2,1H3. The van der Waals surface area contributed by atoms with Crippen molar-refractivity contribution in [1.82, 2.24) is 0 Å². The Hall–Kier alpha value is -0.770. The van der Waals surface area contributed by atoms with Crippen LogP contribution in [0.3, 0.4) is 0 Å². The van der Waals surface area contributed by atoms with E-state index in [1.54, 1.807) is 6.07 Å². The summed E-state index contributed by atoms with van der Waals surface area (Å²) in [5.41, 5.74) is 6.74. The molecule has 0 fully saturated rings. The average molecular weight is 233 g/mol. The van der Waals surface area contributed by atoms with Gasteiger partial charge in [-0.3, -0.25) is 0 Å². The molecule has 1 aromatic carbocycles. The Morgan fingerprint density at radius 2 is 2.25 bits per heavy atom. The van der Waals surface area contributed by atoms with E-state index in [9.17, 15) is 4.39 Å². The summed E-state index contributed by atoms with van der Waals surface area (Å²) in [6.07, 6.45) is 0. The molecule has 0 amide bonds. The van der Waals surface area contributed by atoms with Crippen LogP contribution >= 0.6 is 15.9 Å². The van der Waals surface area contributed by atoms with Crippen LogP contribution in [0.2, 0.25) is 0 Å². The van der Waals surface area contributed by atoms with Gasteiger partial charge in [0.25, 0.3) is 0 Å². The first-order valence-electron chi connectivity index (χ1n) is 3.63. The minimum absolute atomic E-state index is 0.339. The minimum Gasteiger partial charge on any atom is -0.397 e. The van der Waals surface area contributed by atoms with E-state index < -0.39 is 0 Å². The Balaban J connectivity index is 3.05. The van der Waals surface area contributed by atoms with Crippen LogP contribution < -0.4 is 11.1 Å². The van der Waals surface area contributed by atoms with Crippen LogP contribution in [-0.4, -0.2) is 6.54 Å². The fourth-order valence-corrected chi connectivity index (χ4v) is 1.25. The fourth-order valence-electron chi connectivity index (χ4n) is 0.906. The molecule has 0 saturated heterocycles. The zero-order valence-corrected chi connectivity index (χ0v) is 8.28. The number of rotatable bonds is 2. The maximum Gasteiger partial charge on any atom is 0.139 e. The second-order valence-corrected chi connectivity index (χ2v) is 3.24. The molecule has 0 aliphatic carbocycles. The maximum absolute atomic E-state index is 12.8. The number of nitrogens with two attached hydrogens (primary N) is 1. The Kier molecular flexibility index (Phi) is 2.92. The highest BCUT2D eigenvalue weighted by Gasteiger charge is 2.03. The van der Waals surface area contributed by atoms with E-state index in [2.05, 4.69) is 21.2 Å². The van der Waals surface area contributed by atoms with Gasteiger partial charge in [0.1, 0.15) is 5.82 Å². The topological polar surface area (TPSA) is 38.0 Å². The van der Waals surface area contributed by atoms with Crippen LogP contribution in [0.25, 0.3) is 0 Å². The first-order chi connectivity index (χ1) is 5.65. The van der Waals surface area contributed by atoms with Crippen molar-refractivity contribution in [2.75, 3.05) is 17.6 Å². The van der Waals surface area contributed by atoms with Gasteiger partial charge in [0.2, 0.25) is 0 Å². The molecule has 12 heavy (non-hydrogen) atoms. The van der Waals surface area contributed by atoms with E-state index in [0.717, 1.165) is 12.2 Å². The third-order valence-corrected chi connectivity index (χ3v) is 2.07. The van der Waals surface area contributed by atoms with Gasteiger partial charge in [0, 0.05) is 12.6 Å². The molecule has 0 heterocycles. The van der Waals surface area contributed by atoms with Crippen LogP contribution in [0, 0.1) is 5.82 Å². The molecular weight excluding hydrogens is 223 g/mol. The van der Waals surface area contributed by atoms with Gasteiger partial charge in [-0.05, 0) is 28.9 Å². The normalized spacial score (nSPS) is 9.92. The van der Waals surface area contributed by atoms with Crippen LogP contribution in [-0.2, 0) is 0 Å². The molecule has 0 unspecified atom stereocenters. The summed E-state index contributed by atoms with van der Waals surface area (Å²) in [4.78, 5) is 0. The highest BCUT2D eigenvalue weighted by molar-refractivity contribution is 9.10. The average Bonchev–Trinajstić information content (AvgIpc) is 2.01. The van der Waals surface area contributed by atoms with Gasteiger partial charge in [0.15, 0.2) is 0 Å². The van der Waals surface area contributed by atoms with Crippen LogP contribution in [0.15, 0.2) is 16.6 Å². The Morgan fingerprint density at radius 1 is 1.58 bits per heavy atom. The van der Waals surface area contributed by atoms with Crippen molar-refractivity contribution in [2.45, 2.75) is 6.92 Å². The first-order valence-corrected chi connectivity index (χ1v) is 4.42. The zero-order valence-electron chi connectivity index (χ0n) is 6.70. The summed E-state index contributed by atoms with van der Waals surface area (Å²) in [6, 6.07) is 2.93. The van der Waals surface area contributed by atoms with Crippen molar-refractivity contribution in [3.63, 3.8) is 0 Å². The van der Waals surface area contributed by atoms with Crippen LogP contribution in [0.4, 0.5) is 15.8 Å². The molecule has 66 valence electrons. The van der Waals surface area contributed by atoms with Crippen LogP contribution in [0.1, 0.15) is 6.92 Å². The van der Waals surface area contributed by atoms with Gasteiger partial charge in [-0.15, -0.1) is 0 Å². The summed E-state index contributed by atoms with van der Waals surface area (Å²) >= 11 is 3.08. The number of hydrogen-bond donors (Lipinski definition) is 2. The highest BCUT2D eigenvalue weighted by atomic mass is 79.9. The predicted octanol–water partition coefficient (Wildman–Crippen LogP) is 2.60. The number of nitrogen functional groups attached to an aromatic ring is 1. The SMILES string of the molecule is CCNc1cc(Br)c(F)cc1N. The molecule has 0 aromatic heterocycles. The number of benzene rings is 1. The lowest BCUT2D eigenvalue weighted by atomic mass is 10.2. The molecule has 3 N–H and O–H groups in total.